The van der Waals surface area contributed by atoms with Crippen molar-refractivity contribution in [3.05, 3.63) is 112 Å². The van der Waals surface area contributed by atoms with E-state index in [0.717, 1.165) is 45.1 Å². The molecule has 1 aliphatic heterocycles. The normalized spacial score (nSPS) is 16.3. The highest BCUT2D eigenvalue weighted by atomic mass is 32.1. The number of carbonyl (C=O) groups is 2. The van der Waals surface area contributed by atoms with Crippen molar-refractivity contribution in [1.82, 2.24) is 19.8 Å². The first-order valence-corrected chi connectivity index (χ1v) is 14.3. The fraction of sp³-hybridized carbons (Fsp3) is 0.273. The standard InChI is InChI=1S/C33H35N5O3S/c1-20-9-10-21(2)28(18-20)35-29(39)15-17-37-31(30(36-33(37)42)27-8-6-7-16-34-27)26-19-22(3)38(23(26)4)25-13-11-24(12-14-25)32(40)41-5/h6-14,16,18-19,30-31H,15,17H2,1-5H3,(H,35,39)(H,36,42)/t30-,31-/m1/s1. The lowest BCUT2D eigenvalue weighted by Gasteiger charge is -2.28. The summed E-state index contributed by atoms with van der Waals surface area (Å²) >= 11 is 5.85. The van der Waals surface area contributed by atoms with Crippen molar-refractivity contribution < 1.29 is 14.3 Å². The molecule has 42 heavy (non-hydrogen) atoms. The van der Waals surface area contributed by atoms with Crippen LogP contribution in [0.2, 0.25) is 0 Å². The van der Waals surface area contributed by atoms with Crippen LogP contribution >= 0.6 is 12.2 Å². The third kappa shape index (κ3) is 5.78. The number of aromatic nitrogens is 2. The molecule has 1 amide bonds. The zero-order chi connectivity index (χ0) is 30.0. The molecule has 4 aromatic rings. The Labute approximate surface area is 251 Å². The van der Waals surface area contributed by atoms with Crippen LogP contribution in [0, 0.1) is 27.7 Å². The third-order valence-electron chi connectivity index (χ3n) is 7.78. The summed E-state index contributed by atoms with van der Waals surface area (Å²) in [5.74, 6) is -0.438. The summed E-state index contributed by atoms with van der Waals surface area (Å²) in [6, 6.07) is 21.0. The Morgan fingerprint density at radius 1 is 1.02 bits per heavy atom. The first-order valence-electron chi connectivity index (χ1n) is 13.9. The lowest BCUT2D eigenvalue weighted by atomic mass is 9.96. The molecule has 2 atom stereocenters. The number of hydrogen-bond acceptors (Lipinski definition) is 5. The van der Waals surface area contributed by atoms with Crippen LogP contribution in [-0.4, -0.2) is 45.1 Å². The van der Waals surface area contributed by atoms with Crippen molar-refractivity contribution in [3.8, 4) is 5.69 Å². The molecular weight excluding hydrogens is 546 g/mol. The van der Waals surface area contributed by atoms with Gasteiger partial charge >= 0.3 is 5.97 Å². The summed E-state index contributed by atoms with van der Waals surface area (Å²) in [6.07, 6.45) is 2.05. The van der Waals surface area contributed by atoms with Crippen molar-refractivity contribution in [1.29, 1.82) is 0 Å². The van der Waals surface area contributed by atoms with Crippen LogP contribution < -0.4 is 10.6 Å². The molecule has 5 rings (SSSR count). The van der Waals surface area contributed by atoms with Crippen molar-refractivity contribution in [2.45, 2.75) is 46.2 Å². The van der Waals surface area contributed by atoms with Crippen LogP contribution in [0.1, 0.15) is 62.6 Å². The molecule has 0 radical (unpaired) electrons. The van der Waals surface area contributed by atoms with E-state index in [2.05, 4.69) is 45.0 Å². The van der Waals surface area contributed by atoms with Crippen molar-refractivity contribution in [3.63, 3.8) is 0 Å². The van der Waals surface area contributed by atoms with Crippen LogP contribution in [0.5, 0.6) is 0 Å². The van der Waals surface area contributed by atoms with Gasteiger partial charge in [-0.2, -0.15) is 0 Å². The molecule has 3 heterocycles. The van der Waals surface area contributed by atoms with Gasteiger partial charge in [0, 0.05) is 41.9 Å². The van der Waals surface area contributed by atoms with Crippen molar-refractivity contribution in [2.75, 3.05) is 19.0 Å². The SMILES string of the molecule is COC(=O)c1ccc(-n2c(C)cc([C@@H]3[C@@H](c4ccccn4)NC(=S)N3CCC(=O)Nc3cc(C)ccc3C)c2C)cc1. The maximum atomic E-state index is 13.1. The number of aryl methyl sites for hydroxylation is 3. The number of methoxy groups -OCH3 is 1. The molecular formula is C33H35N5O3S. The number of ether oxygens (including phenoxy) is 1. The fourth-order valence-electron chi connectivity index (χ4n) is 5.64. The van der Waals surface area contributed by atoms with Crippen LogP contribution in [0.4, 0.5) is 5.69 Å². The quantitative estimate of drug-likeness (QED) is 0.198. The molecule has 2 aromatic carbocycles. The minimum atomic E-state index is -0.371. The molecule has 0 unspecified atom stereocenters. The highest BCUT2D eigenvalue weighted by molar-refractivity contribution is 7.80. The molecule has 0 bridgehead atoms. The van der Waals surface area contributed by atoms with E-state index in [1.54, 1.807) is 18.3 Å². The van der Waals surface area contributed by atoms with Gasteiger partial charge in [-0.1, -0.05) is 18.2 Å². The average Bonchev–Trinajstić information content (AvgIpc) is 3.47. The Balaban J connectivity index is 1.46. The Morgan fingerprint density at radius 3 is 2.48 bits per heavy atom. The Morgan fingerprint density at radius 2 is 1.79 bits per heavy atom. The monoisotopic (exact) mass is 581 g/mol. The van der Waals surface area contributed by atoms with Gasteiger partial charge in [0.15, 0.2) is 5.11 Å². The molecule has 9 heteroatoms. The maximum absolute atomic E-state index is 13.1. The highest BCUT2D eigenvalue weighted by Gasteiger charge is 2.41. The van der Waals surface area contributed by atoms with Gasteiger partial charge in [0.25, 0.3) is 0 Å². The van der Waals surface area contributed by atoms with Gasteiger partial charge in [-0.15, -0.1) is 0 Å². The summed E-state index contributed by atoms with van der Waals surface area (Å²) in [6.45, 7) is 8.58. The van der Waals surface area contributed by atoms with E-state index in [9.17, 15) is 9.59 Å². The number of amides is 1. The number of thiocarbonyl (C=S) groups is 1. The predicted octanol–water partition coefficient (Wildman–Crippen LogP) is 5.89. The third-order valence-corrected chi connectivity index (χ3v) is 8.13. The second kappa shape index (κ2) is 12.2. The van der Waals surface area contributed by atoms with E-state index in [0.29, 0.717) is 17.2 Å². The van der Waals surface area contributed by atoms with Gasteiger partial charge in [-0.25, -0.2) is 4.79 Å². The second-order valence-electron chi connectivity index (χ2n) is 10.6. The molecule has 0 aliphatic carbocycles. The second-order valence-corrected chi connectivity index (χ2v) is 11.0. The number of pyridine rings is 1. The molecule has 2 aromatic heterocycles. The Kier molecular flexibility index (Phi) is 8.40. The zero-order valence-electron chi connectivity index (χ0n) is 24.5. The van der Waals surface area contributed by atoms with Crippen LogP contribution in [-0.2, 0) is 9.53 Å². The topological polar surface area (TPSA) is 88.5 Å². The summed E-state index contributed by atoms with van der Waals surface area (Å²) in [4.78, 5) is 31.8. The van der Waals surface area contributed by atoms with E-state index in [1.807, 2.05) is 62.4 Å². The number of hydrogen-bond donors (Lipinski definition) is 2. The summed E-state index contributed by atoms with van der Waals surface area (Å²) in [5.41, 5.74) is 8.41. The van der Waals surface area contributed by atoms with Crippen LogP contribution in [0.25, 0.3) is 5.69 Å². The summed E-state index contributed by atoms with van der Waals surface area (Å²) < 4.78 is 7.02. The molecule has 0 saturated carbocycles. The zero-order valence-corrected chi connectivity index (χ0v) is 25.3. The van der Waals surface area contributed by atoms with Gasteiger partial charge in [0.1, 0.15) is 0 Å². The molecule has 1 fully saturated rings. The molecule has 0 spiro atoms. The van der Waals surface area contributed by atoms with E-state index >= 15 is 0 Å². The minimum Gasteiger partial charge on any atom is -0.465 e. The van der Waals surface area contributed by atoms with Gasteiger partial charge in [0.2, 0.25) is 5.91 Å². The maximum Gasteiger partial charge on any atom is 0.337 e. The van der Waals surface area contributed by atoms with Crippen molar-refractivity contribution >= 4 is 34.9 Å². The first kappa shape index (κ1) is 29.0. The first-order chi connectivity index (χ1) is 20.2. The number of nitrogens with zero attached hydrogens (tertiary/aromatic N) is 3. The number of esters is 1. The molecule has 1 saturated heterocycles. The molecule has 1 aliphatic rings. The lowest BCUT2D eigenvalue weighted by Crippen LogP contribution is -2.33. The molecule has 216 valence electrons. The average molecular weight is 582 g/mol. The Bertz CT molecular complexity index is 1630. The fourth-order valence-corrected chi connectivity index (χ4v) is 5.97. The number of anilines is 1. The molecule has 2 N–H and O–H groups in total. The van der Waals surface area contributed by atoms with E-state index < -0.39 is 0 Å². The number of nitrogens with one attached hydrogen (secondary N) is 2. The van der Waals surface area contributed by atoms with E-state index in [1.165, 1.54) is 7.11 Å². The number of carbonyl (C=O) groups excluding carboxylic acids is 2. The van der Waals surface area contributed by atoms with Gasteiger partial charge in [-0.3, -0.25) is 9.78 Å². The minimum absolute atomic E-state index is 0.0669. The predicted molar refractivity (Wildman–Crippen MR) is 168 cm³/mol. The highest BCUT2D eigenvalue weighted by Crippen LogP contribution is 2.41. The largest absolute Gasteiger partial charge is 0.465 e. The van der Waals surface area contributed by atoms with E-state index in [4.69, 9.17) is 17.0 Å². The smallest absolute Gasteiger partial charge is 0.337 e. The summed E-state index contributed by atoms with van der Waals surface area (Å²) in [5, 5.41) is 7.14. The number of rotatable bonds is 8. The van der Waals surface area contributed by atoms with Gasteiger partial charge in [0.05, 0.1) is 30.5 Å². The van der Waals surface area contributed by atoms with Gasteiger partial charge < -0.3 is 24.8 Å². The van der Waals surface area contributed by atoms with Crippen LogP contribution in [0.15, 0.2) is 72.9 Å². The Hall–Kier alpha value is -4.50. The van der Waals surface area contributed by atoms with E-state index in [-0.39, 0.29) is 30.4 Å². The lowest BCUT2D eigenvalue weighted by molar-refractivity contribution is -0.116. The molecule has 8 nitrogen and oxygen atoms in total. The van der Waals surface area contributed by atoms with Gasteiger partial charge in [-0.05, 0) is 105 Å². The van der Waals surface area contributed by atoms with Crippen LogP contribution in [0.3, 0.4) is 0 Å². The number of benzene rings is 2. The van der Waals surface area contributed by atoms with Crippen molar-refractivity contribution in [2.24, 2.45) is 0 Å². The summed E-state index contributed by atoms with van der Waals surface area (Å²) in [7, 11) is 1.37.